The molecule has 1 aromatic heterocycles. The van der Waals surface area contributed by atoms with Crippen LogP contribution in [0, 0.1) is 0 Å². The summed E-state index contributed by atoms with van der Waals surface area (Å²) in [6, 6.07) is 8.16. The van der Waals surface area contributed by atoms with E-state index in [0.717, 1.165) is 30.5 Å². The van der Waals surface area contributed by atoms with Gasteiger partial charge in [-0.25, -0.2) is 4.98 Å². The quantitative estimate of drug-likeness (QED) is 0.913. The molecule has 112 valence electrons. The van der Waals surface area contributed by atoms with Gasteiger partial charge in [-0.1, -0.05) is 12.1 Å². The first-order chi connectivity index (χ1) is 9.99. The lowest BCUT2D eigenvalue weighted by atomic mass is 10.1. The Morgan fingerprint density at radius 1 is 1.14 bits per heavy atom. The van der Waals surface area contributed by atoms with Crippen molar-refractivity contribution >= 4 is 0 Å². The van der Waals surface area contributed by atoms with E-state index < -0.39 is 11.7 Å². The van der Waals surface area contributed by atoms with Crippen molar-refractivity contribution in [3.8, 4) is 11.6 Å². The van der Waals surface area contributed by atoms with Crippen LogP contribution in [0.4, 0.5) is 13.2 Å². The molecule has 1 heterocycles. The van der Waals surface area contributed by atoms with E-state index in [2.05, 4.69) is 4.98 Å². The Balaban J connectivity index is 2.08. The van der Waals surface area contributed by atoms with Gasteiger partial charge in [0, 0.05) is 12.3 Å². The topological polar surface area (TPSA) is 48.1 Å². The van der Waals surface area contributed by atoms with Gasteiger partial charge in [-0.3, -0.25) is 0 Å². The summed E-state index contributed by atoms with van der Waals surface area (Å²) in [5.41, 5.74) is 5.68. The Bertz CT molecular complexity index is 582. The van der Waals surface area contributed by atoms with Crippen molar-refractivity contribution in [1.82, 2.24) is 4.98 Å². The first kappa shape index (κ1) is 15.3. The van der Waals surface area contributed by atoms with Gasteiger partial charge in [0.05, 0.1) is 5.56 Å². The minimum Gasteiger partial charge on any atom is -0.439 e. The van der Waals surface area contributed by atoms with Crippen LogP contribution in [-0.2, 0) is 12.6 Å². The Hall–Kier alpha value is -2.08. The number of benzene rings is 1. The van der Waals surface area contributed by atoms with E-state index in [0.29, 0.717) is 6.54 Å². The van der Waals surface area contributed by atoms with Gasteiger partial charge in [0.25, 0.3) is 0 Å². The number of hydrogen-bond acceptors (Lipinski definition) is 3. The number of nitrogens with two attached hydrogens (primary N) is 1. The SMILES string of the molecule is NCCCc1ccc(Oc2cccc(C(F)(F)F)c2)nc1. The molecule has 2 N–H and O–H groups in total. The highest BCUT2D eigenvalue weighted by atomic mass is 19.4. The smallest absolute Gasteiger partial charge is 0.416 e. The molecule has 0 aliphatic heterocycles. The molecule has 2 aromatic rings. The fourth-order valence-electron chi connectivity index (χ4n) is 1.78. The highest BCUT2D eigenvalue weighted by Crippen LogP contribution is 2.32. The maximum absolute atomic E-state index is 12.6. The third-order valence-electron chi connectivity index (χ3n) is 2.85. The van der Waals surface area contributed by atoms with E-state index in [1.807, 2.05) is 6.07 Å². The minimum atomic E-state index is -4.39. The number of hydrogen-bond donors (Lipinski definition) is 1. The molecule has 0 fully saturated rings. The van der Waals surface area contributed by atoms with Gasteiger partial charge >= 0.3 is 6.18 Å². The summed E-state index contributed by atoms with van der Waals surface area (Å²) in [5, 5.41) is 0. The molecule has 1 aromatic carbocycles. The van der Waals surface area contributed by atoms with Crippen LogP contribution < -0.4 is 10.5 Å². The summed E-state index contributed by atoms with van der Waals surface area (Å²) in [5.74, 6) is 0.359. The van der Waals surface area contributed by atoms with E-state index >= 15 is 0 Å². The first-order valence-corrected chi connectivity index (χ1v) is 6.49. The Morgan fingerprint density at radius 3 is 2.57 bits per heavy atom. The molecular weight excluding hydrogens is 281 g/mol. The van der Waals surface area contributed by atoms with Gasteiger partial charge in [0.1, 0.15) is 5.75 Å². The van der Waals surface area contributed by atoms with Crippen molar-refractivity contribution in [1.29, 1.82) is 0 Å². The summed E-state index contributed by atoms with van der Waals surface area (Å²) in [6.07, 6.45) is -1.08. The Kier molecular flexibility index (Phi) is 4.80. The van der Waals surface area contributed by atoms with Crippen LogP contribution in [0.2, 0.25) is 0 Å². The van der Waals surface area contributed by atoms with Gasteiger partial charge in [0.15, 0.2) is 0 Å². The molecule has 0 aliphatic rings. The highest BCUT2D eigenvalue weighted by molar-refractivity contribution is 5.33. The van der Waals surface area contributed by atoms with E-state index in [4.69, 9.17) is 10.5 Å². The van der Waals surface area contributed by atoms with E-state index in [1.54, 1.807) is 12.3 Å². The number of aryl methyl sites for hydroxylation is 1. The highest BCUT2D eigenvalue weighted by Gasteiger charge is 2.30. The van der Waals surface area contributed by atoms with E-state index in [1.165, 1.54) is 12.1 Å². The first-order valence-electron chi connectivity index (χ1n) is 6.49. The zero-order valence-electron chi connectivity index (χ0n) is 11.2. The standard InChI is InChI=1S/C15H15F3N2O/c16-15(17,18)12-4-1-5-13(9-12)21-14-7-6-11(10-20-14)3-2-8-19/h1,4-7,9-10H,2-3,8,19H2. The Morgan fingerprint density at radius 2 is 1.95 bits per heavy atom. The van der Waals surface area contributed by atoms with Crippen molar-refractivity contribution < 1.29 is 17.9 Å². The fourth-order valence-corrected chi connectivity index (χ4v) is 1.78. The zero-order valence-corrected chi connectivity index (χ0v) is 11.2. The molecule has 0 saturated carbocycles. The predicted molar refractivity (Wildman–Crippen MR) is 73.1 cm³/mol. The van der Waals surface area contributed by atoms with Crippen molar-refractivity contribution in [2.45, 2.75) is 19.0 Å². The normalized spacial score (nSPS) is 11.4. The average Bonchev–Trinajstić information content (AvgIpc) is 2.46. The average molecular weight is 296 g/mol. The molecule has 2 rings (SSSR count). The molecule has 0 unspecified atom stereocenters. The van der Waals surface area contributed by atoms with Crippen molar-refractivity contribution in [3.05, 3.63) is 53.7 Å². The van der Waals surface area contributed by atoms with Gasteiger partial charge < -0.3 is 10.5 Å². The summed E-state index contributed by atoms with van der Waals surface area (Å²) >= 11 is 0. The molecule has 0 aliphatic carbocycles. The lowest BCUT2D eigenvalue weighted by Crippen LogP contribution is -2.04. The molecule has 3 nitrogen and oxygen atoms in total. The molecule has 0 amide bonds. The lowest BCUT2D eigenvalue weighted by Gasteiger charge is -2.09. The number of rotatable bonds is 5. The molecule has 0 bridgehead atoms. The molecular formula is C15H15F3N2O. The lowest BCUT2D eigenvalue weighted by molar-refractivity contribution is -0.137. The van der Waals surface area contributed by atoms with Gasteiger partial charge in [0.2, 0.25) is 5.88 Å². The monoisotopic (exact) mass is 296 g/mol. The fraction of sp³-hybridized carbons (Fsp3) is 0.267. The second-order valence-electron chi connectivity index (χ2n) is 4.52. The number of nitrogens with zero attached hydrogens (tertiary/aromatic N) is 1. The summed E-state index contributed by atoms with van der Waals surface area (Å²) in [7, 11) is 0. The van der Waals surface area contributed by atoms with Crippen molar-refractivity contribution in [2.75, 3.05) is 6.54 Å². The molecule has 0 spiro atoms. The number of aromatic nitrogens is 1. The van der Waals surface area contributed by atoms with Crippen LogP contribution in [0.25, 0.3) is 0 Å². The second kappa shape index (κ2) is 6.58. The third kappa shape index (κ3) is 4.46. The van der Waals surface area contributed by atoms with Crippen LogP contribution >= 0.6 is 0 Å². The molecule has 6 heteroatoms. The van der Waals surface area contributed by atoms with Gasteiger partial charge in [-0.15, -0.1) is 0 Å². The number of pyridine rings is 1. The van der Waals surface area contributed by atoms with Crippen LogP contribution in [-0.4, -0.2) is 11.5 Å². The minimum absolute atomic E-state index is 0.104. The van der Waals surface area contributed by atoms with Crippen LogP contribution in [0.15, 0.2) is 42.6 Å². The summed E-state index contributed by atoms with van der Waals surface area (Å²) in [4.78, 5) is 4.07. The van der Waals surface area contributed by atoms with Crippen LogP contribution in [0.1, 0.15) is 17.5 Å². The van der Waals surface area contributed by atoms with Crippen molar-refractivity contribution in [3.63, 3.8) is 0 Å². The third-order valence-corrected chi connectivity index (χ3v) is 2.85. The van der Waals surface area contributed by atoms with Crippen molar-refractivity contribution in [2.24, 2.45) is 5.73 Å². The van der Waals surface area contributed by atoms with Gasteiger partial charge in [-0.2, -0.15) is 13.2 Å². The predicted octanol–water partition coefficient (Wildman–Crippen LogP) is 3.78. The summed E-state index contributed by atoms with van der Waals surface area (Å²) < 4.78 is 43.1. The van der Waals surface area contributed by atoms with Crippen LogP contribution in [0.5, 0.6) is 11.6 Å². The zero-order chi connectivity index (χ0) is 15.3. The second-order valence-corrected chi connectivity index (χ2v) is 4.52. The molecule has 0 saturated heterocycles. The Labute approximate surface area is 120 Å². The summed E-state index contributed by atoms with van der Waals surface area (Å²) in [6.45, 7) is 0.600. The molecule has 0 radical (unpaired) electrons. The van der Waals surface area contributed by atoms with Gasteiger partial charge in [-0.05, 0) is 43.1 Å². The maximum Gasteiger partial charge on any atom is 0.416 e. The number of halogens is 3. The van der Waals surface area contributed by atoms with E-state index in [-0.39, 0.29) is 11.6 Å². The molecule has 21 heavy (non-hydrogen) atoms. The van der Waals surface area contributed by atoms with Crippen LogP contribution in [0.3, 0.4) is 0 Å². The largest absolute Gasteiger partial charge is 0.439 e. The van der Waals surface area contributed by atoms with E-state index in [9.17, 15) is 13.2 Å². The number of ether oxygens (including phenoxy) is 1. The maximum atomic E-state index is 12.6. The molecule has 0 atom stereocenters. The number of alkyl halides is 3.